The van der Waals surface area contributed by atoms with Crippen LogP contribution in [0.5, 0.6) is 0 Å². The Kier molecular flexibility index (Phi) is 6.98. The molecule has 2 aromatic rings. The molecule has 0 spiro atoms. The lowest BCUT2D eigenvalue weighted by atomic mass is 9.97. The van der Waals surface area contributed by atoms with Crippen LogP contribution < -0.4 is 15.8 Å². The number of benzene rings is 2. The highest BCUT2D eigenvalue weighted by atomic mass is 32.2. The molecule has 0 fully saturated rings. The fourth-order valence-corrected chi connectivity index (χ4v) is 3.38. The number of sulfonamides is 1. The van der Waals surface area contributed by atoms with Crippen LogP contribution in [-0.4, -0.2) is 14.4 Å². The average molecular weight is 390 g/mol. The minimum Gasteiger partial charge on any atom is -0.332 e. The lowest BCUT2D eigenvalue weighted by molar-refractivity contribution is 0.232. The molecule has 0 aliphatic rings. The first-order chi connectivity index (χ1) is 12.7. The van der Waals surface area contributed by atoms with Gasteiger partial charge in [0.2, 0.25) is 10.0 Å². The molecule has 2 amide bonds. The quantitative estimate of drug-likeness (QED) is 0.675. The van der Waals surface area contributed by atoms with E-state index in [1.165, 1.54) is 12.1 Å². The Morgan fingerprint density at radius 1 is 0.926 bits per heavy atom. The summed E-state index contributed by atoms with van der Waals surface area (Å²) in [6, 6.07) is 15.4. The number of nitrogens with one attached hydrogen (secondary N) is 2. The smallest absolute Gasteiger partial charge is 0.315 e. The Morgan fingerprint density at radius 2 is 1.52 bits per heavy atom. The molecule has 0 aliphatic carbocycles. The SMILES string of the molecule is CC(C)CC(NC(=O)NC(C)c1ccc(S(N)(=O)=O)cc1)c1ccccc1. The molecule has 2 atom stereocenters. The van der Waals surface area contributed by atoms with E-state index in [0.29, 0.717) is 5.92 Å². The second kappa shape index (κ2) is 9.01. The van der Waals surface area contributed by atoms with Crippen LogP contribution in [0.4, 0.5) is 4.79 Å². The topological polar surface area (TPSA) is 101 Å². The summed E-state index contributed by atoms with van der Waals surface area (Å²) in [6.07, 6.45) is 0.828. The summed E-state index contributed by atoms with van der Waals surface area (Å²) in [5.74, 6) is 0.429. The Balaban J connectivity index is 2.04. The van der Waals surface area contributed by atoms with Crippen LogP contribution in [0.2, 0.25) is 0 Å². The van der Waals surface area contributed by atoms with Crippen molar-refractivity contribution in [1.29, 1.82) is 0 Å². The van der Waals surface area contributed by atoms with Gasteiger partial charge in [-0.15, -0.1) is 0 Å². The lowest BCUT2D eigenvalue weighted by Gasteiger charge is -2.23. The van der Waals surface area contributed by atoms with Crippen molar-refractivity contribution in [2.75, 3.05) is 0 Å². The molecule has 0 saturated carbocycles. The Morgan fingerprint density at radius 3 is 2.04 bits per heavy atom. The summed E-state index contributed by atoms with van der Waals surface area (Å²) in [5.41, 5.74) is 1.85. The van der Waals surface area contributed by atoms with Gasteiger partial charge in [0.1, 0.15) is 0 Å². The maximum Gasteiger partial charge on any atom is 0.315 e. The summed E-state index contributed by atoms with van der Waals surface area (Å²) in [6.45, 7) is 6.07. The van der Waals surface area contributed by atoms with Gasteiger partial charge in [-0.3, -0.25) is 0 Å². The van der Waals surface area contributed by atoms with Crippen LogP contribution >= 0.6 is 0 Å². The molecule has 2 unspecified atom stereocenters. The first-order valence-corrected chi connectivity index (χ1v) is 10.5. The molecule has 27 heavy (non-hydrogen) atoms. The minimum absolute atomic E-state index is 0.0453. The van der Waals surface area contributed by atoms with Crippen LogP contribution in [0.25, 0.3) is 0 Å². The molecule has 7 heteroatoms. The molecule has 0 bridgehead atoms. The summed E-state index contributed by atoms with van der Waals surface area (Å²) in [5, 5.41) is 11.0. The van der Waals surface area contributed by atoms with Gasteiger partial charge in [0.15, 0.2) is 0 Å². The van der Waals surface area contributed by atoms with E-state index < -0.39 is 10.0 Å². The van der Waals surface area contributed by atoms with Gasteiger partial charge in [-0.25, -0.2) is 18.4 Å². The third-order valence-corrected chi connectivity index (χ3v) is 5.20. The van der Waals surface area contributed by atoms with Crippen molar-refractivity contribution in [3.63, 3.8) is 0 Å². The zero-order valence-electron chi connectivity index (χ0n) is 15.8. The maximum absolute atomic E-state index is 12.5. The summed E-state index contributed by atoms with van der Waals surface area (Å²) >= 11 is 0. The third kappa shape index (κ3) is 6.37. The number of amides is 2. The number of nitrogens with two attached hydrogens (primary N) is 1. The van der Waals surface area contributed by atoms with E-state index >= 15 is 0 Å². The average Bonchev–Trinajstić information content (AvgIpc) is 2.61. The van der Waals surface area contributed by atoms with Crippen LogP contribution in [-0.2, 0) is 10.0 Å². The fourth-order valence-electron chi connectivity index (χ4n) is 2.86. The molecule has 0 aliphatic heterocycles. The summed E-state index contributed by atoms with van der Waals surface area (Å²) in [7, 11) is -3.73. The van der Waals surface area contributed by atoms with Gasteiger partial charge in [-0.2, -0.15) is 0 Å². The van der Waals surface area contributed by atoms with Crippen molar-refractivity contribution in [1.82, 2.24) is 10.6 Å². The number of hydrogen-bond acceptors (Lipinski definition) is 3. The van der Waals surface area contributed by atoms with Crippen LogP contribution in [0, 0.1) is 5.92 Å². The first-order valence-electron chi connectivity index (χ1n) is 8.91. The van der Waals surface area contributed by atoms with Crippen LogP contribution in [0.15, 0.2) is 59.5 Å². The summed E-state index contributed by atoms with van der Waals surface area (Å²) in [4.78, 5) is 12.5. The van der Waals surface area contributed by atoms with Crippen molar-refractivity contribution in [2.45, 2.75) is 44.2 Å². The highest BCUT2D eigenvalue weighted by Gasteiger charge is 2.18. The van der Waals surface area contributed by atoms with Gasteiger partial charge in [0.05, 0.1) is 17.0 Å². The van der Waals surface area contributed by atoms with E-state index in [1.54, 1.807) is 12.1 Å². The predicted octanol–water partition coefficient (Wildman–Crippen LogP) is 3.48. The van der Waals surface area contributed by atoms with Gasteiger partial charge in [-0.1, -0.05) is 56.3 Å². The van der Waals surface area contributed by atoms with E-state index in [-0.39, 0.29) is 23.0 Å². The normalized spacial score (nSPS) is 13.8. The predicted molar refractivity (Wildman–Crippen MR) is 107 cm³/mol. The van der Waals surface area contributed by atoms with E-state index in [2.05, 4.69) is 24.5 Å². The summed E-state index contributed by atoms with van der Waals surface area (Å²) < 4.78 is 22.7. The van der Waals surface area contributed by atoms with Gasteiger partial charge in [0.25, 0.3) is 0 Å². The van der Waals surface area contributed by atoms with Gasteiger partial charge < -0.3 is 10.6 Å². The minimum atomic E-state index is -3.73. The van der Waals surface area contributed by atoms with Crippen LogP contribution in [0.1, 0.15) is 50.4 Å². The van der Waals surface area contributed by atoms with Crippen molar-refractivity contribution < 1.29 is 13.2 Å². The monoisotopic (exact) mass is 389 g/mol. The number of urea groups is 1. The molecule has 146 valence electrons. The number of hydrogen-bond donors (Lipinski definition) is 3. The molecular weight excluding hydrogens is 362 g/mol. The van der Waals surface area contributed by atoms with E-state index in [1.807, 2.05) is 37.3 Å². The zero-order chi connectivity index (χ0) is 20.0. The van der Waals surface area contributed by atoms with Gasteiger partial charge >= 0.3 is 6.03 Å². The largest absolute Gasteiger partial charge is 0.332 e. The van der Waals surface area contributed by atoms with Gasteiger partial charge in [0, 0.05) is 0 Å². The molecule has 4 N–H and O–H groups in total. The van der Waals surface area contributed by atoms with Crippen molar-refractivity contribution in [3.8, 4) is 0 Å². The number of rotatable bonds is 7. The number of carbonyl (C=O) groups excluding carboxylic acids is 1. The number of primary sulfonamides is 1. The van der Waals surface area contributed by atoms with Gasteiger partial charge in [-0.05, 0) is 42.5 Å². The van der Waals surface area contributed by atoms with E-state index in [9.17, 15) is 13.2 Å². The van der Waals surface area contributed by atoms with Crippen molar-refractivity contribution in [3.05, 3.63) is 65.7 Å². The first kappa shape index (κ1) is 20.9. The number of carbonyl (C=O) groups is 1. The molecular formula is C20H27N3O3S. The highest BCUT2D eigenvalue weighted by Crippen LogP contribution is 2.21. The molecule has 0 radical (unpaired) electrons. The highest BCUT2D eigenvalue weighted by molar-refractivity contribution is 7.89. The molecule has 2 aromatic carbocycles. The fraction of sp³-hybridized carbons (Fsp3) is 0.350. The van der Waals surface area contributed by atoms with E-state index in [4.69, 9.17) is 5.14 Å². The van der Waals surface area contributed by atoms with Crippen LogP contribution in [0.3, 0.4) is 0 Å². The second-order valence-electron chi connectivity index (χ2n) is 7.05. The molecule has 0 saturated heterocycles. The zero-order valence-corrected chi connectivity index (χ0v) is 16.7. The lowest BCUT2D eigenvalue weighted by Crippen LogP contribution is -2.39. The van der Waals surface area contributed by atoms with Crippen molar-refractivity contribution >= 4 is 16.1 Å². The Labute approximate surface area is 161 Å². The molecule has 0 heterocycles. The third-order valence-electron chi connectivity index (χ3n) is 4.27. The second-order valence-corrected chi connectivity index (χ2v) is 8.61. The van der Waals surface area contributed by atoms with E-state index in [0.717, 1.165) is 17.5 Å². The molecule has 6 nitrogen and oxygen atoms in total. The Bertz CT molecular complexity index is 850. The maximum atomic E-state index is 12.5. The Hall–Kier alpha value is -2.38. The standard InChI is InChI=1S/C20H27N3O3S/c1-14(2)13-19(17-7-5-4-6-8-17)23-20(24)22-15(3)16-9-11-18(12-10-16)27(21,25)26/h4-12,14-15,19H,13H2,1-3H3,(H2,21,25,26)(H2,22,23,24). The van der Waals surface area contributed by atoms with Crippen molar-refractivity contribution in [2.24, 2.45) is 11.1 Å². The molecule has 2 rings (SSSR count). The molecule has 0 aromatic heterocycles.